The maximum absolute atomic E-state index is 12.4. The van der Waals surface area contributed by atoms with E-state index in [1.807, 2.05) is 24.4 Å². The maximum atomic E-state index is 12.4. The summed E-state index contributed by atoms with van der Waals surface area (Å²) >= 11 is 6.58. The van der Waals surface area contributed by atoms with Crippen LogP contribution in [-0.4, -0.2) is 84.6 Å². The molecule has 6 rings (SSSR count). The van der Waals surface area contributed by atoms with Crippen molar-refractivity contribution in [3.05, 3.63) is 69.1 Å². The number of nitrogens with zero attached hydrogens (tertiary/aromatic N) is 5. The minimum atomic E-state index is -3.33. The van der Waals surface area contributed by atoms with Gasteiger partial charge in [0.15, 0.2) is 0 Å². The van der Waals surface area contributed by atoms with Crippen molar-refractivity contribution in [2.24, 2.45) is 0 Å². The molecular weight excluding hydrogens is 560 g/mol. The normalized spacial score (nSPS) is 17.9. The van der Waals surface area contributed by atoms with Crippen LogP contribution in [0.1, 0.15) is 40.1 Å². The molecule has 3 aliphatic heterocycles. The first kappa shape index (κ1) is 28.3. The molecule has 9 nitrogen and oxygen atoms in total. The van der Waals surface area contributed by atoms with E-state index in [1.54, 1.807) is 0 Å². The Morgan fingerprint density at radius 3 is 2.78 bits per heavy atom. The molecular formula is C30H35ClN6O3S. The molecule has 0 spiro atoms. The predicted molar refractivity (Wildman–Crippen MR) is 159 cm³/mol. The number of aromatic nitrogens is 3. The van der Waals surface area contributed by atoms with Crippen LogP contribution in [-0.2, 0) is 47.2 Å². The van der Waals surface area contributed by atoms with Gasteiger partial charge in [0.2, 0.25) is 10.0 Å². The Morgan fingerprint density at radius 2 is 1.95 bits per heavy atom. The molecule has 3 aliphatic rings. The van der Waals surface area contributed by atoms with Crippen LogP contribution in [0.25, 0.3) is 11.3 Å². The molecule has 0 aliphatic carbocycles. The van der Waals surface area contributed by atoms with Gasteiger partial charge >= 0.3 is 0 Å². The number of hydrogen-bond acceptors (Lipinski definition) is 7. The number of hydrogen-bond donors (Lipinski definition) is 1. The van der Waals surface area contributed by atoms with E-state index in [-0.39, 0.29) is 0 Å². The first-order chi connectivity index (χ1) is 19.8. The van der Waals surface area contributed by atoms with E-state index in [0.29, 0.717) is 30.1 Å². The summed E-state index contributed by atoms with van der Waals surface area (Å²) in [7, 11) is -3.33. The number of rotatable bonds is 6. The summed E-state index contributed by atoms with van der Waals surface area (Å²) in [4.78, 5) is 7.02. The van der Waals surface area contributed by atoms with Crippen molar-refractivity contribution in [1.82, 2.24) is 29.3 Å². The minimum Gasteiger partial charge on any atom is -0.379 e. The van der Waals surface area contributed by atoms with Crippen LogP contribution in [0, 0.1) is 11.8 Å². The molecule has 1 aromatic carbocycles. The van der Waals surface area contributed by atoms with Gasteiger partial charge in [0.1, 0.15) is 0 Å². The highest BCUT2D eigenvalue weighted by atomic mass is 35.5. The number of sulfonamides is 1. The second-order valence-corrected chi connectivity index (χ2v) is 13.2. The molecule has 1 fully saturated rings. The summed E-state index contributed by atoms with van der Waals surface area (Å²) in [6, 6.07) is 7.84. The Morgan fingerprint density at radius 1 is 1.10 bits per heavy atom. The summed E-state index contributed by atoms with van der Waals surface area (Å²) in [6.07, 6.45) is 5.62. The minimum absolute atomic E-state index is 0.311. The maximum Gasteiger partial charge on any atom is 0.211 e. The van der Waals surface area contributed by atoms with Crippen LogP contribution >= 0.6 is 11.6 Å². The number of nitrogens with one attached hydrogen (secondary N) is 1. The molecule has 5 heterocycles. The van der Waals surface area contributed by atoms with E-state index < -0.39 is 10.0 Å². The monoisotopic (exact) mass is 594 g/mol. The van der Waals surface area contributed by atoms with Crippen molar-refractivity contribution in [3.63, 3.8) is 0 Å². The van der Waals surface area contributed by atoms with Gasteiger partial charge in [-0.15, -0.1) is 0 Å². The van der Waals surface area contributed by atoms with E-state index in [2.05, 4.69) is 37.8 Å². The lowest BCUT2D eigenvalue weighted by molar-refractivity contribution is 0.0368. The highest BCUT2D eigenvalue weighted by Gasteiger charge is 2.30. The summed E-state index contributed by atoms with van der Waals surface area (Å²) in [5.74, 6) is 6.47. The third-order valence-electron chi connectivity index (χ3n) is 8.01. The highest BCUT2D eigenvalue weighted by Crippen LogP contribution is 2.33. The molecule has 0 bridgehead atoms. The molecule has 0 unspecified atom stereocenters. The second kappa shape index (κ2) is 12.2. The zero-order chi connectivity index (χ0) is 28.4. The summed E-state index contributed by atoms with van der Waals surface area (Å²) in [5, 5.41) is 8.98. The van der Waals surface area contributed by atoms with Crippen LogP contribution < -0.4 is 5.32 Å². The molecule has 0 saturated carbocycles. The van der Waals surface area contributed by atoms with Gasteiger partial charge in [-0.25, -0.2) is 8.42 Å². The molecule has 2 aromatic heterocycles. The fourth-order valence-electron chi connectivity index (χ4n) is 5.76. The highest BCUT2D eigenvalue weighted by molar-refractivity contribution is 7.88. The van der Waals surface area contributed by atoms with E-state index in [4.69, 9.17) is 21.4 Å². The number of aryl methyl sites for hydroxylation is 1. The van der Waals surface area contributed by atoms with Crippen molar-refractivity contribution >= 4 is 21.6 Å². The Labute approximate surface area is 246 Å². The van der Waals surface area contributed by atoms with Gasteiger partial charge in [0.25, 0.3) is 0 Å². The van der Waals surface area contributed by atoms with Gasteiger partial charge in [-0.05, 0) is 30.2 Å². The van der Waals surface area contributed by atoms with Gasteiger partial charge < -0.3 is 10.1 Å². The molecule has 3 aromatic rings. The lowest BCUT2D eigenvalue weighted by Gasteiger charge is -2.27. The lowest BCUT2D eigenvalue weighted by atomic mass is 10.0. The Balaban J connectivity index is 1.29. The van der Waals surface area contributed by atoms with Crippen LogP contribution in [0.2, 0.25) is 5.02 Å². The van der Waals surface area contributed by atoms with Crippen molar-refractivity contribution in [2.75, 3.05) is 52.2 Å². The van der Waals surface area contributed by atoms with Gasteiger partial charge in [-0.1, -0.05) is 29.5 Å². The number of pyridine rings is 1. The smallest absolute Gasteiger partial charge is 0.211 e. The summed E-state index contributed by atoms with van der Waals surface area (Å²) < 4.78 is 34.0. The molecule has 0 atom stereocenters. The van der Waals surface area contributed by atoms with Gasteiger partial charge in [-0.3, -0.25) is 14.6 Å². The molecule has 11 heteroatoms. The Hall–Kier alpha value is -2.78. The standard InChI is InChI=1S/C30H35ClN6O3S/c1-41(38,39)36-12-8-29-26(21-36)30(34-37(29)11-2-10-35-13-15-40-16-14-35)24-5-6-27(31)23(18-24)4-3-22-17-25-20-32-9-7-28(25)33-19-22/h5-6,17-19,32H,2,7-16,20-21H2,1H3. The quantitative estimate of drug-likeness (QED) is 0.439. The van der Waals surface area contributed by atoms with Crippen molar-refractivity contribution in [2.45, 2.75) is 38.9 Å². The fourth-order valence-corrected chi connectivity index (χ4v) is 6.71. The number of benzene rings is 1. The average molecular weight is 595 g/mol. The molecule has 1 saturated heterocycles. The number of halogens is 1. The van der Waals surface area contributed by atoms with Crippen LogP contribution in [0.4, 0.5) is 0 Å². The zero-order valence-corrected chi connectivity index (χ0v) is 24.9. The van der Waals surface area contributed by atoms with Gasteiger partial charge in [0.05, 0.1) is 30.2 Å². The summed E-state index contributed by atoms with van der Waals surface area (Å²) in [6.45, 7) is 7.76. The molecule has 216 valence electrons. The number of morpholine rings is 1. The Kier molecular flexibility index (Phi) is 8.45. The van der Waals surface area contributed by atoms with Crippen molar-refractivity contribution in [3.8, 4) is 23.1 Å². The van der Waals surface area contributed by atoms with E-state index in [0.717, 1.165) is 99.1 Å². The van der Waals surface area contributed by atoms with Crippen molar-refractivity contribution < 1.29 is 13.2 Å². The summed E-state index contributed by atoms with van der Waals surface area (Å²) in [5.41, 5.74) is 7.60. The molecule has 41 heavy (non-hydrogen) atoms. The number of ether oxygens (including phenoxy) is 1. The van der Waals surface area contributed by atoms with Crippen LogP contribution in [0.15, 0.2) is 30.5 Å². The van der Waals surface area contributed by atoms with E-state index in [1.165, 1.54) is 16.1 Å². The largest absolute Gasteiger partial charge is 0.379 e. The third-order valence-corrected chi connectivity index (χ3v) is 9.59. The predicted octanol–water partition coefficient (Wildman–Crippen LogP) is 2.68. The SMILES string of the molecule is CS(=O)(=O)N1CCc2c(c(-c3ccc(Cl)c(C#Cc4cnc5c(c4)CNCC5)c3)nn2CCCN2CCOCC2)C1. The van der Waals surface area contributed by atoms with Gasteiger partial charge in [-0.2, -0.15) is 9.40 Å². The van der Waals surface area contributed by atoms with E-state index >= 15 is 0 Å². The molecule has 1 N–H and O–H groups in total. The second-order valence-electron chi connectivity index (χ2n) is 10.9. The van der Waals surface area contributed by atoms with Gasteiger partial charge in [0, 0.05) is 105 Å². The topological polar surface area (TPSA) is 92.6 Å². The van der Waals surface area contributed by atoms with Crippen molar-refractivity contribution in [1.29, 1.82) is 0 Å². The van der Waals surface area contributed by atoms with Crippen LogP contribution in [0.5, 0.6) is 0 Å². The zero-order valence-electron chi connectivity index (χ0n) is 23.3. The first-order valence-electron chi connectivity index (χ1n) is 14.2. The molecule has 0 amide bonds. The van der Waals surface area contributed by atoms with Crippen LogP contribution in [0.3, 0.4) is 0 Å². The molecule has 0 radical (unpaired) electrons. The third kappa shape index (κ3) is 6.51. The number of fused-ring (bicyclic) bond motifs is 2. The van der Waals surface area contributed by atoms with E-state index in [9.17, 15) is 8.42 Å². The fraction of sp³-hybridized carbons (Fsp3) is 0.467. The first-order valence-corrected chi connectivity index (χ1v) is 16.4. The average Bonchev–Trinajstić information content (AvgIpc) is 3.34. The lowest BCUT2D eigenvalue weighted by Crippen LogP contribution is -2.37. The Bertz CT molecular complexity index is 1600.